The van der Waals surface area contributed by atoms with Gasteiger partial charge in [0.05, 0.1) is 12.6 Å². The van der Waals surface area contributed by atoms with E-state index in [1.807, 2.05) is 0 Å². The van der Waals surface area contributed by atoms with Crippen LogP contribution in [0.3, 0.4) is 0 Å². The molecule has 6 heteroatoms. The zero-order valence-corrected chi connectivity index (χ0v) is 10.3. The van der Waals surface area contributed by atoms with Gasteiger partial charge in [-0.15, -0.1) is 0 Å². The molecule has 1 aliphatic rings. The highest BCUT2D eigenvalue weighted by atomic mass is 19.1. The number of carbonyl (C=O) groups is 2. The Morgan fingerprint density at radius 3 is 2.35 bits per heavy atom. The van der Waals surface area contributed by atoms with Crippen molar-refractivity contribution >= 4 is 12.1 Å². The van der Waals surface area contributed by atoms with E-state index in [1.165, 1.54) is 4.90 Å². The second-order valence-electron chi connectivity index (χ2n) is 5.24. The van der Waals surface area contributed by atoms with Crippen LogP contribution >= 0.6 is 0 Å². The van der Waals surface area contributed by atoms with Gasteiger partial charge in [-0.05, 0) is 20.8 Å². The summed E-state index contributed by atoms with van der Waals surface area (Å²) in [4.78, 5) is 23.8. The molecule has 1 heterocycles. The molecule has 2 atom stereocenters. The largest absolute Gasteiger partial charge is 0.481 e. The number of hydrogen-bond acceptors (Lipinski definition) is 3. The Bertz CT molecular complexity index is 313. The lowest BCUT2D eigenvalue weighted by Crippen LogP contribution is -2.36. The first-order chi connectivity index (χ1) is 7.74. The summed E-state index contributed by atoms with van der Waals surface area (Å²) in [5, 5.41) is 8.90. The molecule has 0 aromatic heterocycles. The molecular formula is C11H18FNO4. The Balaban J connectivity index is 2.64. The predicted molar refractivity (Wildman–Crippen MR) is 58.4 cm³/mol. The van der Waals surface area contributed by atoms with Crippen LogP contribution in [0.4, 0.5) is 9.18 Å². The molecule has 0 radical (unpaired) electrons. The van der Waals surface area contributed by atoms with Crippen LogP contribution in [-0.2, 0) is 9.53 Å². The van der Waals surface area contributed by atoms with Crippen LogP contribution < -0.4 is 0 Å². The molecule has 0 aromatic rings. The molecule has 0 aliphatic carbocycles. The lowest BCUT2D eigenvalue weighted by Gasteiger charge is -2.24. The summed E-state index contributed by atoms with van der Waals surface area (Å²) in [6.07, 6.45) is -0.584. The van der Waals surface area contributed by atoms with Gasteiger partial charge in [0, 0.05) is 19.0 Å². The minimum atomic E-state index is -1.07. The number of halogens is 1. The number of carboxylic acid groups (broad SMARTS) is 1. The van der Waals surface area contributed by atoms with Gasteiger partial charge in [-0.3, -0.25) is 9.18 Å². The molecule has 1 saturated heterocycles. The summed E-state index contributed by atoms with van der Waals surface area (Å²) < 4.78 is 17.8. The van der Waals surface area contributed by atoms with Gasteiger partial charge >= 0.3 is 12.1 Å². The first-order valence-electron chi connectivity index (χ1n) is 5.51. The summed E-state index contributed by atoms with van der Waals surface area (Å²) in [7, 11) is 0. The number of carboxylic acids is 1. The number of rotatable bonds is 2. The van der Waals surface area contributed by atoms with Gasteiger partial charge in [0.2, 0.25) is 0 Å². The van der Waals surface area contributed by atoms with Crippen molar-refractivity contribution in [2.24, 2.45) is 11.8 Å². The average molecular weight is 247 g/mol. The highest BCUT2D eigenvalue weighted by molar-refractivity contribution is 5.74. The lowest BCUT2D eigenvalue weighted by atomic mass is 9.98. The summed E-state index contributed by atoms with van der Waals surface area (Å²) in [6, 6.07) is 0. The van der Waals surface area contributed by atoms with E-state index in [4.69, 9.17) is 9.84 Å². The number of alkyl halides is 1. The number of ether oxygens (including phenoxy) is 1. The van der Waals surface area contributed by atoms with Crippen molar-refractivity contribution in [3.8, 4) is 0 Å². The Morgan fingerprint density at radius 1 is 1.41 bits per heavy atom. The van der Waals surface area contributed by atoms with E-state index in [2.05, 4.69) is 0 Å². The summed E-state index contributed by atoms with van der Waals surface area (Å²) >= 11 is 0. The Labute approximate surface area is 99.5 Å². The summed E-state index contributed by atoms with van der Waals surface area (Å²) in [5.41, 5.74) is -0.635. The second-order valence-corrected chi connectivity index (χ2v) is 5.24. The normalized spacial score (nSPS) is 24.8. The second kappa shape index (κ2) is 4.89. The van der Waals surface area contributed by atoms with Crippen molar-refractivity contribution < 1.29 is 23.8 Å². The van der Waals surface area contributed by atoms with Crippen molar-refractivity contribution in [3.05, 3.63) is 0 Å². The first-order valence-corrected chi connectivity index (χ1v) is 5.51. The third kappa shape index (κ3) is 3.57. The van der Waals surface area contributed by atoms with Crippen LogP contribution in [-0.4, -0.2) is 47.4 Å². The molecule has 0 bridgehead atoms. The number of amides is 1. The van der Waals surface area contributed by atoms with E-state index < -0.39 is 36.2 Å². The summed E-state index contributed by atoms with van der Waals surface area (Å²) in [5.74, 6) is -2.55. The van der Waals surface area contributed by atoms with Gasteiger partial charge < -0.3 is 14.7 Å². The third-order valence-electron chi connectivity index (χ3n) is 2.61. The van der Waals surface area contributed by atoms with Crippen LogP contribution in [0.5, 0.6) is 0 Å². The van der Waals surface area contributed by atoms with E-state index in [0.29, 0.717) is 0 Å². The third-order valence-corrected chi connectivity index (χ3v) is 2.61. The van der Waals surface area contributed by atoms with Crippen molar-refractivity contribution in [1.29, 1.82) is 0 Å². The zero-order valence-electron chi connectivity index (χ0n) is 10.3. The molecule has 98 valence electrons. The van der Waals surface area contributed by atoms with E-state index in [1.54, 1.807) is 20.8 Å². The maximum atomic E-state index is 12.6. The number of likely N-dealkylation sites (tertiary alicyclic amines) is 1. The molecule has 0 aromatic carbocycles. The number of aliphatic carboxylic acids is 1. The highest BCUT2D eigenvalue weighted by Crippen LogP contribution is 2.25. The molecule has 0 unspecified atom stereocenters. The minimum absolute atomic E-state index is 0.0127. The fourth-order valence-corrected chi connectivity index (χ4v) is 1.78. The van der Waals surface area contributed by atoms with E-state index in [9.17, 15) is 14.0 Å². The van der Waals surface area contributed by atoms with Gasteiger partial charge in [0.25, 0.3) is 0 Å². The average Bonchev–Trinajstić information content (AvgIpc) is 2.58. The van der Waals surface area contributed by atoms with Crippen molar-refractivity contribution in [2.75, 3.05) is 19.8 Å². The monoisotopic (exact) mass is 247 g/mol. The van der Waals surface area contributed by atoms with E-state index >= 15 is 0 Å². The SMILES string of the molecule is CC(C)(C)OC(=O)N1C[C@@H](CF)[C@@H](C(=O)O)C1. The van der Waals surface area contributed by atoms with Crippen LogP contribution in [0, 0.1) is 11.8 Å². The molecule has 17 heavy (non-hydrogen) atoms. The molecule has 5 nitrogen and oxygen atoms in total. The van der Waals surface area contributed by atoms with E-state index in [-0.39, 0.29) is 13.1 Å². The van der Waals surface area contributed by atoms with Crippen LogP contribution in [0.25, 0.3) is 0 Å². The molecular weight excluding hydrogens is 229 g/mol. The number of carbonyl (C=O) groups excluding carboxylic acids is 1. The number of nitrogens with zero attached hydrogens (tertiary/aromatic N) is 1. The van der Waals surface area contributed by atoms with E-state index in [0.717, 1.165) is 0 Å². The maximum Gasteiger partial charge on any atom is 0.410 e. The van der Waals surface area contributed by atoms with Crippen LogP contribution in [0.2, 0.25) is 0 Å². The van der Waals surface area contributed by atoms with Gasteiger partial charge in [-0.2, -0.15) is 0 Å². The standard InChI is InChI=1S/C11H18FNO4/c1-11(2,3)17-10(16)13-5-7(4-12)8(6-13)9(14)15/h7-8H,4-6H2,1-3H3,(H,14,15)/t7-,8+/m1/s1. The Morgan fingerprint density at radius 2 is 2.00 bits per heavy atom. The maximum absolute atomic E-state index is 12.6. The van der Waals surface area contributed by atoms with Crippen molar-refractivity contribution in [3.63, 3.8) is 0 Å². The van der Waals surface area contributed by atoms with Gasteiger partial charge in [-0.1, -0.05) is 0 Å². The smallest absolute Gasteiger partial charge is 0.410 e. The van der Waals surface area contributed by atoms with Crippen LogP contribution in [0.1, 0.15) is 20.8 Å². The zero-order chi connectivity index (χ0) is 13.2. The van der Waals surface area contributed by atoms with Crippen molar-refractivity contribution in [2.45, 2.75) is 26.4 Å². The fourth-order valence-electron chi connectivity index (χ4n) is 1.78. The quantitative estimate of drug-likeness (QED) is 0.803. The van der Waals surface area contributed by atoms with Crippen molar-refractivity contribution in [1.82, 2.24) is 4.90 Å². The van der Waals surface area contributed by atoms with Crippen LogP contribution in [0.15, 0.2) is 0 Å². The molecule has 1 aliphatic heterocycles. The topological polar surface area (TPSA) is 66.8 Å². The predicted octanol–water partition coefficient (Wildman–Crippen LogP) is 1.52. The molecule has 0 saturated carbocycles. The highest BCUT2D eigenvalue weighted by Gasteiger charge is 2.40. The fraction of sp³-hybridized carbons (Fsp3) is 0.818. The minimum Gasteiger partial charge on any atom is -0.481 e. The van der Waals surface area contributed by atoms with Gasteiger partial charge in [0.1, 0.15) is 5.60 Å². The molecule has 0 spiro atoms. The molecule has 1 rings (SSSR count). The van der Waals surface area contributed by atoms with Gasteiger partial charge in [0.15, 0.2) is 0 Å². The Hall–Kier alpha value is -1.33. The summed E-state index contributed by atoms with van der Waals surface area (Å²) in [6.45, 7) is 4.55. The molecule has 1 fully saturated rings. The number of hydrogen-bond donors (Lipinski definition) is 1. The van der Waals surface area contributed by atoms with Gasteiger partial charge in [-0.25, -0.2) is 4.79 Å². The first kappa shape index (κ1) is 13.7. The molecule has 1 amide bonds. The lowest BCUT2D eigenvalue weighted by molar-refractivity contribution is -0.142. The Kier molecular flexibility index (Phi) is 3.95. The molecule has 1 N–H and O–H groups in total.